The number of aromatic nitrogens is 2. The highest BCUT2D eigenvalue weighted by Crippen LogP contribution is 2.19. The topological polar surface area (TPSA) is 65.6 Å². The molecule has 1 fully saturated rings. The minimum absolute atomic E-state index is 0.261. The SMILES string of the molecule is CC(C)c1nnc(CN2CCN(CC(O)c3ccccc3)C(C)C2)o1. The molecule has 25 heavy (non-hydrogen) atoms. The van der Waals surface area contributed by atoms with Crippen LogP contribution in [0.15, 0.2) is 34.7 Å². The molecule has 0 amide bonds. The van der Waals surface area contributed by atoms with Crippen LogP contribution in [0.25, 0.3) is 0 Å². The Morgan fingerprint density at radius 1 is 1.20 bits per heavy atom. The Balaban J connectivity index is 1.51. The van der Waals surface area contributed by atoms with E-state index in [0.29, 0.717) is 30.9 Å². The molecule has 1 aromatic carbocycles. The summed E-state index contributed by atoms with van der Waals surface area (Å²) < 4.78 is 5.71. The Kier molecular flexibility index (Phi) is 5.83. The van der Waals surface area contributed by atoms with Gasteiger partial charge >= 0.3 is 0 Å². The molecule has 6 heteroatoms. The predicted molar refractivity (Wildman–Crippen MR) is 96.1 cm³/mol. The molecule has 2 atom stereocenters. The Morgan fingerprint density at radius 3 is 2.60 bits per heavy atom. The van der Waals surface area contributed by atoms with Gasteiger partial charge in [-0.05, 0) is 12.5 Å². The third kappa shape index (κ3) is 4.66. The van der Waals surface area contributed by atoms with Gasteiger partial charge in [0.15, 0.2) is 0 Å². The molecule has 2 unspecified atom stereocenters. The summed E-state index contributed by atoms with van der Waals surface area (Å²) in [5.74, 6) is 1.65. The van der Waals surface area contributed by atoms with Crippen molar-refractivity contribution in [1.82, 2.24) is 20.0 Å². The van der Waals surface area contributed by atoms with Gasteiger partial charge < -0.3 is 9.52 Å². The standard InChI is InChI=1S/C19H28N4O2/c1-14(2)19-21-20-18(25-19)13-22-9-10-23(15(3)11-22)12-17(24)16-7-5-4-6-8-16/h4-8,14-15,17,24H,9-13H2,1-3H3. The molecule has 1 N–H and O–H groups in total. The molecule has 0 saturated carbocycles. The number of β-amino-alcohol motifs (C(OH)–C–C–N with tert-alkyl or cyclic N) is 1. The highest BCUT2D eigenvalue weighted by atomic mass is 16.4. The molecule has 1 aliphatic rings. The predicted octanol–water partition coefficient (Wildman–Crippen LogP) is 2.43. The average molecular weight is 344 g/mol. The number of nitrogens with zero attached hydrogens (tertiary/aromatic N) is 4. The van der Waals surface area contributed by atoms with Crippen molar-refractivity contribution in [1.29, 1.82) is 0 Å². The Hall–Kier alpha value is -1.76. The first kappa shape index (κ1) is 18.0. The fraction of sp³-hybridized carbons (Fsp3) is 0.579. The molecule has 3 rings (SSSR count). The minimum atomic E-state index is -0.445. The van der Waals surface area contributed by atoms with Crippen LogP contribution in [0.2, 0.25) is 0 Å². The van der Waals surface area contributed by atoms with Gasteiger partial charge in [-0.2, -0.15) is 0 Å². The van der Waals surface area contributed by atoms with Gasteiger partial charge in [-0.1, -0.05) is 44.2 Å². The average Bonchev–Trinajstić information content (AvgIpc) is 3.07. The van der Waals surface area contributed by atoms with E-state index in [-0.39, 0.29) is 5.92 Å². The highest BCUT2D eigenvalue weighted by Gasteiger charge is 2.26. The zero-order valence-electron chi connectivity index (χ0n) is 15.3. The van der Waals surface area contributed by atoms with Crippen molar-refractivity contribution in [3.63, 3.8) is 0 Å². The van der Waals surface area contributed by atoms with Crippen molar-refractivity contribution in [2.75, 3.05) is 26.2 Å². The highest BCUT2D eigenvalue weighted by molar-refractivity contribution is 5.17. The van der Waals surface area contributed by atoms with Crippen LogP contribution in [-0.4, -0.2) is 57.3 Å². The first-order valence-electron chi connectivity index (χ1n) is 9.04. The van der Waals surface area contributed by atoms with Crippen LogP contribution < -0.4 is 0 Å². The summed E-state index contributed by atoms with van der Waals surface area (Å²) in [6.45, 7) is 10.5. The maximum absolute atomic E-state index is 10.5. The van der Waals surface area contributed by atoms with Gasteiger partial charge in [-0.25, -0.2) is 0 Å². The summed E-state index contributed by atoms with van der Waals surface area (Å²) in [5, 5.41) is 18.7. The molecule has 1 saturated heterocycles. The summed E-state index contributed by atoms with van der Waals surface area (Å²) in [7, 11) is 0. The number of rotatable bonds is 6. The zero-order chi connectivity index (χ0) is 17.8. The molecule has 0 spiro atoms. The van der Waals surface area contributed by atoms with Crippen LogP contribution in [0.5, 0.6) is 0 Å². The van der Waals surface area contributed by atoms with Gasteiger partial charge in [0.05, 0.1) is 12.6 Å². The van der Waals surface area contributed by atoms with Crippen LogP contribution in [-0.2, 0) is 6.54 Å². The van der Waals surface area contributed by atoms with Crippen LogP contribution in [0, 0.1) is 0 Å². The Bertz CT molecular complexity index is 658. The van der Waals surface area contributed by atoms with E-state index in [9.17, 15) is 5.11 Å². The molecule has 2 heterocycles. The Morgan fingerprint density at radius 2 is 1.96 bits per heavy atom. The number of aliphatic hydroxyl groups excluding tert-OH is 1. The van der Waals surface area contributed by atoms with Gasteiger partial charge in [0.25, 0.3) is 0 Å². The van der Waals surface area contributed by atoms with E-state index in [2.05, 4.69) is 40.8 Å². The molecular formula is C19H28N4O2. The second kappa shape index (κ2) is 8.08. The summed E-state index contributed by atoms with van der Waals surface area (Å²) in [6.07, 6.45) is -0.445. The lowest BCUT2D eigenvalue weighted by atomic mass is 10.1. The van der Waals surface area contributed by atoms with Gasteiger partial charge in [-0.15, -0.1) is 10.2 Å². The summed E-state index contributed by atoms with van der Waals surface area (Å²) in [6, 6.07) is 10.2. The Labute approximate surface area is 149 Å². The molecule has 6 nitrogen and oxygen atoms in total. The smallest absolute Gasteiger partial charge is 0.230 e. The second-order valence-corrected chi connectivity index (χ2v) is 7.19. The van der Waals surface area contributed by atoms with Crippen LogP contribution in [0.3, 0.4) is 0 Å². The van der Waals surface area contributed by atoms with E-state index in [1.54, 1.807) is 0 Å². The molecule has 0 radical (unpaired) electrons. The lowest BCUT2D eigenvalue weighted by Crippen LogP contribution is -2.52. The first-order chi connectivity index (χ1) is 12.0. The monoisotopic (exact) mass is 344 g/mol. The van der Waals surface area contributed by atoms with Gasteiger partial charge in [0.1, 0.15) is 0 Å². The van der Waals surface area contributed by atoms with E-state index < -0.39 is 6.10 Å². The quantitative estimate of drug-likeness (QED) is 0.868. The normalized spacial score (nSPS) is 20.9. The maximum Gasteiger partial charge on any atom is 0.230 e. The van der Waals surface area contributed by atoms with Crippen LogP contribution >= 0.6 is 0 Å². The minimum Gasteiger partial charge on any atom is -0.424 e. The number of aliphatic hydroxyl groups is 1. The van der Waals surface area contributed by atoms with Crippen molar-refractivity contribution < 1.29 is 9.52 Å². The molecule has 136 valence electrons. The van der Waals surface area contributed by atoms with Crippen molar-refractivity contribution >= 4 is 0 Å². The van der Waals surface area contributed by atoms with Crippen molar-refractivity contribution in [2.24, 2.45) is 0 Å². The lowest BCUT2D eigenvalue weighted by molar-refractivity contribution is 0.0333. The summed E-state index contributed by atoms with van der Waals surface area (Å²) in [5.41, 5.74) is 0.976. The fourth-order valence-corrected chi connectivity index (χ4v) is 3.24. The number of piperazine rings is 1. The van der Waals surface area contributed by atoms with Crippen molar-refractivity contribution in [3.8, 4) is 0 Å². The fourth-order valence-electron chi connectivity index (χ4n) is 3.24. The van der Waals surface area contributed by atoms with E-state index in [0.717, 1.165) is 25.2 Å². The largest absolute Gasteiger partial charge is 0.424 e. The van der Waals surface area contributed by atoms with Crippen molar-refractivity contribution in [3.05, 3.63) is 47.7 Å². The number of benzene rings is 1. The third-order valence-electron chi connectivity index (χ3n) is 4.78. The van der Waals surface area contributed by atoms with Gasteiger partial charge in [0, 0.05) is 38.1 Å². The lowest BCUT2D eigenvalue weighted by Gasteiger charge is -2.40. The third-order valence-corrected chi connectivity index (χ3v) is 4.78. The van der Waals surface area contributed by atoms with Crippen molar-refractivity contribution in [2.45, 2.75) is 45.4 Å². The maximum atomic E-state index is 10.5. The van der Waals surface area contributed by atoms with Gasteiger partial charge in [0.2, 0.25) is 11.8 Å². The molecule has 0 aliphatic carbocycles. The van der Waals surface area contributed by atoms with E-state index in [1.807, 2.05) is 30.3 Å². The number of hydrogen-bond acceptors (Lipinski definition) is 6. The van der Waals surface area contributed by atoms with Crippen LogP contribution in [0.1, 0.15) is 50.1 Å². The van der Waals surface area contributed by atoms with E-state index in [1.165, 1.54) is 0 Å². The second-order valence-electron chi connectivity index (χ2n) is 7.19. The summed E-state index contributed by atoms with van der Waals surface area (Å²) >= 11 is 0. The van der Waals surface area contributed by atoms with E-state index in [4.69, 9.17) is 4.42 Å². The zero-order valence-corrected chi connectivity index (χ0v) is 15.3. The summed E-state index contributed by atoms with van der Waals surface area (Å²) in [4.78, 5) is 4.69. The first-order valence-corrected chi connectivity index (χ1v) is 9.04. The van der Waals surface area contributed by atoms with Crippen LogP contribution in [0.4, 0.5) is 0 Å². The molecule has 1 aliphatic heterocycles. The number of hydrogen-bond donors (Lipinski definition) is 1. The molecular weight excluding hydrogens is 316 g/mol. The molecule has 1 aromatic heterocycles. The molecule has 2 aromatic rings. The molecule has 0 bridgehead atoms. The van der Waals surface area contributed by atoms with E-state index >= 15 is 0 Å². The van der Waals surface area contributed by atoms with Gasteiger partial charge in [-0.3, -0.25) is 9.80 Å².